The molecule has 3 aromatic carbocycles. The zero-order chi connectivity index (χ0) is 29.3. The number of methoxy groups -OCH3 is 1. The number of rotatable bonds is 12. The van der Waals surface area contributed by atoms with Gasteiger partial charge in [0.1, 0.15) is 11.6 Å². The number of hydrogen-bond acceptors (Lipinski definition) is 7. The molecule has 5 rings (SSSR count). The van der Waals surface area contributed by atoms with E-state index >= 15 is 0 Å². The zero-order valence-electron chi connectivity index (χ0n) is 24.9. The Morgan fingerprint density at radius 1 is 0.952 bits per heavy atom. The highest BCUT2D eigenvalue weighted by Crippen LogP contribution is 2.30. The third-order valence-electron chi connectivity index (χ3n) is 8.15. The van der Waals surface area contributed by atoms with Gasteiger partial charge in [0, 0.05) is 63.1 Å². The summed E-state index contributed by atoms with van der Waals surface area (Å²) in [4.78, 5) is 25.1. The van der Waals surface area contributed by atoms with Crippen molar-refractivity contribution in [2.45, 2.75) is 45.2 Å². The van der Waals surface area contributed by atoms with E-state index in [0.717, 1.165) is 54.9 Å². The van der Waals surface area contributed by atoms with Crippen LogP contribution in [0, 0.1) is 0 Å². The van der Waals surface area contributed by atoms with E-state index in [0.29, 0.717) is 19.4 Å². The minimum Gasteiger partial charge on any atom is -0.497 e. The van der Waals surface area contributed by atoms with E-state index in [-0.39, 0.29) is 18.0 Å². The topological polar surface area (TPSA) is 61.8 Å². The van der Waals surface area contributed by atoms with E-state index in [1.165, 1.54) is 22.7 Å². The van der Waals surface area contributed by atoms with E-state index in [1.54, 1.807) is 7.11 Å². The second-order valence-electron chi connectivity index (χ2n) is 10.9. The van der Waals surface area contributed by atoms with Gasteiger partial charge in [0.15, 0.2) is 0 Å². The third kappa shape index (κ3) is 7.36. The van der Waals surface area contributed by atoms with Crippen LogP contribution in [0.4, 0.5) is 5.13 Å². The minimum atomic E-state index is 0.189. The van der Waals surface area contributed by atoms with Crippen LogP contribution in [0.1, 0.15) is 55.2 Å². The van der Waals surface area contributed by atoms with Crippen LogP contribution in [-0.2, 0) is 11.2 Å². The van der Waals surface area contributed by atoms with Gasteiger partial charge < -0.3 is 14.5 Å². The number of amides is 1. The molecule has 7 nitrogen and oxygen atoms in total. The molecule has 0 spiro atoms. The largest absolute Gasteiger partial charge is 0.497 e. The maximum Gasteiger partial charge on any atom is 0.224 e. The predicted octanol–water partition coefficient (Wildman–Crippen LogP) is 6.07. The van der Waals surface area contributed by atoms with Crippen molar-refractivity contribution in [3.05, 3.63) is 107 Å². The van der Waals surface area contributed by atoms with Crippen LogP contribution in [0.3, 0.4) is 0 Å². The molecule has 0 saturated carbocycles. The van der Waals surface area contributed by atoms with Crippen LogP contribution in [0.15, 0.2) is 84.9 Å². The Morgan fingerprint density at radius 2 is 1.62 bits per heavy atom. The third-order valence-corrected chi connectivity index (χ3v) is 8.94. The number of aromatic nitrogens is 2. The van der Waals surface area contributed by atoms with Gasteiger partial charge in [0.2, 0.25) is 11.0 Å². The molecule has 2 heterocycles. The van der Waals surface area contributed by atoms with E-state index in [9.17, 15) is 4.79 Å². The Balaban J connectivity index is 1.19. The summed E-state index contributed by atoms with van der Waals surface area (Å²) in [5, 5.41) is 0.883. The minimum absolute atomic E-state index is 0.189. The molecule has 1 aliphatic heterocycles. The summed E-state index contributed by atoms with van der Waals surface area (Å²) in [5.41, 5.74) is 3.69. The maximum atomic E-state index is 13.4. The SMILES string of the molecule is CC[C@H](C)N(CCC(=O)N1CCN(C(c2ccccc2)c2ccccc2)CC1)c1nc(Cc2cccc(OC)c2)ns1. The lowest BCUT2D eigenvalue weighted by Crippen LogP contribution is -2.50. The molecule has 8 heteroatoms. The van der Waals surface area contributed by atoms with Gasteiger partial charge in [0.25, 0.3) is 0 Å². The number of carbonyl (C=O) groups excluding carboxylic acids is 1. The molecule has 220 valence electrons. The molecule has 0 N–H and O–H groups in total. The summed E-state index contributed by atoms with van der Waals surface area (Å²) in [6.07, 6.45) is 2.09. The summed E-state index contributed by atoms with van der Waals surface area (Å²) in [6, 6.07) is 29.8. The van der Waals surface area contributed by atoms with Crippen molar-refractivity contribution in [1.82, 2.24) is 19.2 Å². The van der Waals surface area contributed by atoms with Gasteiger partial charge in [-0.1, -0.05) is 79.7 Å². The molecule has 1 amide bonds. The standard InChI is InChI=1S/C34H41N5O2S/c1-4-26(2)39(34-35-31(36-42-34)25-27-12-11-17-30(24-27)41-3)19-18-32(40)37-20-22-38(23-21-37)33(28-13-7-5-8-14-28)29-15-9-6-10-16-29/h5-17,24,26,33H,4,18-23,25H2,1-3H3/t26-/m0/s1. The number of anilines is 1. The molecule has 0 unspecified atom stereocenters. The van der Waals surface area contributed by atoms with Crippen LogP contribution < -0.4 is 9.64 Å². The van der Waals surface area contributed by atoms with Crippen molar-refractivity contribution in [1.29, 1.82) is 0 Å². The Morgan fingerprint density at radius 3 is 2.24 bits per heavy atom. The van der Waals surface area contributed by atoms with Crippen LogP contribution in [0.5, 0.6) is 5.75 Å². The lowest BCUT2D eigenvalue weighted by atomic mass is 9.96. The fourth-order valence-corrected chi connectivity index (χ4v) is 6.43. The van der Waals surface area contributed by atoms with E-state index < -0.39 is 0 Å². The fraction of sp³-hybridized carbons (Fsp3) is 0.382. The van der Waals surface area contributed by atoms with Crippen molar-refractivity contribution in [2.75, 3.05) is 44.7 Å². The molecular weight excluding hydrogens is 542 g/mol. The fourth-order valence-electron chi connectivity index (χ4n) is 5.61. The molecule has 1 atom stereocenters. The molecular formula is C34H41N5O2S. The average Bonchev–Trinajstić information content (AvgIpc) is 3.50. The van der Waals surface area contributed by atoms with Gasteiger partial charge >= 0.3 is 0 Å². The van der Waals surface area contributed by atoms with Crippen LogP contribution >= 0.6 is 11.5 Å². The normalized spacial score (nSPS) is 14.6. The lowest BCUT2D eigenvalue weighted by Gasteiger charge is -2.40. The molecule has 1 aromatic heterocycles. The first-order chi connectivity index (χ1) is 20.6. The van der Waals surface area contributed by atoms with E-state index in [1.807, 2.05) is 23.1 Å². The Bertz CT molecular complexity index is 1370. The number of hydrogen-bond donors (Lipinski definition) is 0. The first-order valence-corrected chi connectivity index (χ1v) is 15.7. The predicted molar refractivity (Wildman–Crippen MR) is 170 cm³/mol. The zero-order valence-corrected chi connectivity index (χ0v) is 25.7. The molecule has 1 fully saturated rings. The smallest absolute Gasteiger partial charge is 0.224 e. The van der Waals surface area contributed by atoms with Crippen LogP contribution in [-0.4, -0.2) is 70.9 Å². The first kappa shape index (κ1) is 29.7. The van der Waals surface area contributed by atoms with Gasteiger partial charge in [-0.05, 0) is 42.2 Å². The van der Waals surface area contributed by atoms with E-state index in [2.05, 4.69) is 94.8 Å². The molecule has 1 saturated heterocycles. The van der Waals surface area contributed by atoms with Crippen molar-refractivity contribution in [3.8, 4) is 5.75 Å². The Labute approximate surface area is 253 Å². The quantitative estimate of drug-likeness (QED) is 0.202. The van der Waals surface area contributed by atoms with Gasteiger partial charge in [-0.2, -0.15) is 4.37 Å². The molecule has 42 heavy (non-hydrogen) atoms. The highest BCUT2D eigenvalue weighted by Gasteiger charge is 2.28. The van der Waals surface area contributed by atoms with Crippen molar-refractivity contribution < 1.29 is 9.53 Å². The van der Waals surface area contributed by atoms with Crippen LogP contribution in [0.25, 0.3) is 0 Å². The Hall–Kier alpha value is -3.75. The monoisotopic (exact) mass is 583 g/mol. The molecule has 0 radical (unpaired) electrons. The molecule has 1 aliphatic rings. The van der Waals surface area contributed by atoms with Crippen molar-refractivity contribution in [2.24, 2.45) is 0 Å². The summed E-state index contributed by atoms with van der Waals surface area (Å²) in [6.45, 7) is 8.17. The number of ether oxygens (including phenoxy) is 1. The molecule has 0 aliphatic carbocycles. The number of piperazine rings is 1. The van der Waals surface area contributed by atoms with E-state index in [4.69, 9.17) is 9.72 Å². The summed E-state index contributed by atoms with van der Waals surface area (Å²) in [5.74, 6) is 1.84. The first-order valence-electron chi connectivity index (χ1n) is 14.9. The summed E-state index contributed by atoms with van der Waals surface area (Å²) in [7, 11) is 1.68. The second kappa shape index (κ2) is 14.4. The molecule has 4 aromatic rings. The lowest BCUT2D eigenvalue weighted by molar-refractivity contribution is -0.133. The van der Waals surface area contributed by atoms with Crippen molar-refractivity contribution >= 4 is 22.6 Å². The summed E-state index contributed by atoms with van der Waals surface area (Å²) < 4.78 is 10.0. The van der Waals surface area contributed by atoms with Crippen molar-refractivity contribution in [3.63, 3.8) is 0 Å². The highest BCUT2D eigenvalue weighted by molar-refractivity contribution is 7.09. The maximum absolute atomic E-state index is 13.4. The second-order valence-corrected chi connectivity index (χ2v) is 11.6. The van der Waals surface area contributed by atoms with Gasteiger partial charge in [-0.3, -0.25) is 9.69 Å². The highest BCUT2D eigenvalue weighted by atomic mass is 32.1. The average molecular weight is 584 g/mol. The Kier molecular flexibility index (Phi) is 10.2. The number of nitrogens with zero attached hydrogens (tertiary/aromatic N) is 5. The summed E-state index contributed by atoms with van der Waals surface area (Å²) >= 11 is 1.42. The van der Waals surface area contributed by atoms with Crippen LogP contribution in [0.2, 0.25) is 0 Å². The molecule has 0 bridgehead atoms. The number of benzene rings is 3. The van der Waals surface area contributed by atoms with Gasteiger partial charge in [0.05, 0.1) is 13.2 Å². The van der Waals surface area contributed by atoms with Gasteiger partial charge in [-0.15, -0.1) is 0 Å². The van der Waals surface area contributed by atoms with Gasteiger partial charge in [-0.25, -0.2) is 4.98 Å². The number of carbonyl (C=O) groups is 1.